The van der Waals surface area contributed by atoms with E-state index in [2.05, 4.69) is 167 Å². The minimum atomic E-state index is 0.656. The Morgan fingerprint density at radius 2 is 0.889 bits per heavy atom. The first-order valence-corrected chi connectivity index (χ1v) is 18.9. The second-order valence-corrected chi connectivity index (χ2v) is 15.1. The fraction of sp³-hybridized carbons (Fsp3) is 0. The van der Waals surface area contributed by atoms with Crippen molar-refractivity contribution in [1.82, 2.24) is 9.13 Å². The highest BCUT2D eigenvalue weighted by atomic mass is 32.1. The summed E-state index contributed by atoms with van der Waals surface area (Å²) in [5.41, 5.74) is 11.5. The van der Waals surface area contributed by atoms with Crippen molar-refractivity contribution >= 4 is 97.1 Å². The highest BCUT2D eigenvalue weighted by Crippen LogP contribution is 2.41. The van der Waals surface area contributed by atoms with Crippen LogP contribution in [0.1, 0.15) is 5.56 Å². The zero-order valence-electron chi connectivity index (χ0n) is 28.7. The van der Waals surface area contributed by atoms with E-state index in [1.54, 1.807) is 0 Å². The maximum absolute atomic E-state index is 9.74. The third kappa shape index (κ3) is 4.11. The number of hydrogen-bond acceptors (Lipinski definition) is 3. The van der Waals surface area contributed by atoms with E-state index in [0.29, 0.717) is 5.56 Å². The summed E-state index contributed by atoms with van der Waals surface area (Å²) >= 11 is 1.82. The van der Waals surface area contributed by atoms with Crippen LogP contribution >= 0.6 is 11.3 Å². The van der Waals surface area contributed by atoms with Gasteiger partial charge in [0.05, 0.1) is 33.7 Å². The molecule has 0 spiro atoms. The molecule has 0 aliphatic rings. The van der Waals surface area contributed by atoms with Crippen molar-refractivity contribution in [3.63, 3.8) is 0 Å². The lowest BCUT2D eigenvalue weighted by atomic mass is 10.0. The Labute approximate surface area is 312 Å². The van der Waals surface area contributed by atoms with Gasteiger partial charge in [-0.3, -0.25) is 0 Å². The van der Waals surface area contributed by atoms with Crippen molar-refractivity contribution in [1.29, 1.82) is 5.26 Å². The minimum Gasteiger partial charge on any atom is -0.456 e. The molecule has 4 heterocycles. The van der Waals surface area contributed by atoms with Crippen molar-refractivity contribution < 1.29 is 4.42 Å². The Morgan fingerprint density at radius 1 is 0.407 bits per heavy atom. The van der Waals surface area contributed by atoms with E-state index in [-0.39, 0.29) is 0 Å². The highest BCUT2D eigenvalue weighted by Gasteiger charge is 2.17. The van der Waals surface area contributed by atoms with E-state index in [4.69, 9.17) is 4.42 Å². The molecular formula is C49H27N3OS. The molecule has 12 aromatic rings. The zero-order valence-corrected chi connectivity index (χ0v) is 29.6. The van der Waals surface area contributed by atoms with Gasteiger partial charge in [-0.2, -0.15) is 5.26 Å². The number of nitrogens with zero attached hydrogens (tertiary/aromatic N) is 3. The molecule has 4 aromatic heterocycles. The second kappa shape index (κ2) is 10.9. The number of furan rings is 1. The predicted molar refractivity (Wildman–Crippen MR) is 225 cm³/mol. The van der Waals surface area contributed by atoms with Crippen LogP contribution < -0.4 is 0 Å². The van der Waals surface area contributed by atoms with Gasteiger partial charge >= 0.3 is 0 Å². The van der Waals surface area contributed by atoms with Crippen LogP contribution in [0.2, 0.25) is 0 Å². The minimum absolute atomic E-state index is 0.656. The fourth-order valence-corrected chi connectivity index (χ4v) is 9.75. The van der Waals surface area contributed by atoms with Crippen LogP contribution in [-0.4, -0.2) is 9.13 Å². The maximum Gasteiger partial charge on any atom is 0.135 e. The molecule has 0 aliphatic carbocycles. The maximum atomic E-state index is 9.74. The Hall–Kier alpha value is -7.13. The van der Waals surface area contributed by atoms with Crippen LogP contribution in [0.25, 0.3) is 108 Å². The van der Waals surface area contributed by atoms with Crippen LogP contribution in [-0.2, 0) is 0 Å². The smallest absolute Gasteiger partial charge is 0.135 e. The summed E-state index contributed by atoms with van der Waals surface area (Å²) in [6.07, 6.45) is 0. The first-order valence-electron chi connectivity index (χ1n) is 18.1. The van der Waals surface area contributed by atoms with Crippen LogP contribution in [0.4, 0.5) is 0 Å². The van der Waals surface area contributed by atoms with E-state index < -0.39 is 0 Å². The Bertz CT molecular complexity index is 3530. The molecule has 0 N–H and O–H groups in total. The van der Waals surface area contributed by atoms with E-state index in [0.717, 1.165) is 60.9 Å². The molecule has 0 amide bonds. The molecule has 0 saturated carbocycles. The molecule has 8 aromatic carbocycles. The summed E-state index contributed by atoms with van der Waals surface area (Å²) in [5.74, 6) is 0. The number of nitriles is 1. The van der Waals surface area contributed by atoms with E-state index in [1.165, 1.54) is 47.4 Å². The first-order chi connectivity index (χ1) is 26.7. The van der Waals surface area contributed by atoms with Gasteiger partial charge in [-0.05, 0) is 102 Å². The van der Waals surface area contributed by atoms with Gasteiger partial charge in [0.15, 0.2) is 0 Å². The fourth-order valence-electron chi connectivity index (χ4n) is 8.69. The summed E-state index contributed by atoms with van der Waals surface area (Å²) in [5, 5.41) is 19.2. The molecule has 0 atom stereocenters. The van der Waals surface area contributed by atoms with Crippen molar-refractivity contribution in [3.05, 3.63) is 169 Å². The number of thiophene rings is 1. The average Bonchev–Trinajstić information content (AvgIpc) is 3.97. The van der Waals surface area contributed by atoms with Gasteiger partial charge in [0.25, 0.3) is 0 Å². The number of benzene rings is 8. The first kappa shape index (κ1) is 29.4. The van der Waals surface area contributed by atoms with Crippen LogP contribution in [0.3, 0.4) is 0 Å². The van der Waals surface area contributed by atoms with Gasteiger partial charge < -0.3 is 13.6 Å². The number of rotatable bonds is 3. The topological polar surface area (TPSA) is 46.8 Å². The molecule has 0 bridgehead atoms. The number of aromatic nitrogens is 2. The van der Waals surface area contributed by atoms with E-state index >= 15 is 0 Å². The second-order valence-electron chi connectivity index (χ2n) is 14.1. The monoisotopic (exact) mass is 705 g/mol. The Balaban J connectivity index is 1.01. The summed E-state index contributed by atoms with van der Waals surface area (Å²) < 4.78 is 13.6. The van der Waals surface area contributed by atoms with Gasteiger partial charge in [0.2, 0.25) is 0 Å². The SMILES string of the molecule is N#Cc1ccc2c3ccccc3n(-c3ccc4sc5ccc(-c6ccc7oc8ccc(-n9c%10ccccc%10c%10ccccc%109)cc8c7c6)cc5c4c3)c2c1. The van der Waals surface area contributed by atoms with Crippen LogP contribution in [0, 0.1) is 11.3 Å². The predicted octanol–water partition coefficient (Wildman–Crippen LogP) is 13.7. The van der Waals surface area contributed by atoms with Gasteiger partial charge in [0, 0.05) is 63.9 Å². The summed E-state index contributed by atoms with van der Waals surface area (Å²) in [6.45, 7) is 0. The molecule has 54 heavy (non-hydrogen) atoms. The molecule has 4 nitrogen and oxygen atoms in total. The third-order valence-electron chi connectivity index (χ3n) is 11.1. The zero-order chi connectivity index (χ0) is 35.5. The van der Waals surface area contributed by atoms with Gasteiger partial charge in [0.1, 0.15) is 11.2 Å². The average molecular weight is 706 g/mol. The van der Waals surface area contributed by atoms with Gasteiger partial charge in [-0.15, -0.1) is 11.3 Å². The summed E-state index contributed by atoms with van der Waals surface area (Å²) in [4.78, 5) is 0. The molecule has 5 heteroatoms. The van der Waals surface area contributed by atoms with E-state index in [9.17, 15) is 5.26 Å². The van der Waals surface area contributed by atoms with Crippen molar-refractivity contribution in [2.75, 3.05) is 0 Å². The Morgan fingerprint density at radius 3 is 1.56 bits per heavy atom. The molecule has 250 valence electrons. The van der Waals surface area contributed by atoms with E-state index in [1.807, 2.05) is 23.5 Å². The van der Waals surface area contributed by atoms with Crippen LogP contribution in [0.15, 0.2) is 168 Å². The van der Waals surface area contributed by atoms with Crippen molar-refractivity contribution in [2.45, 2.75) is 0 Å². The molecule has 0 aliphatic heterocycles. The standard InChI is InChI=1S/C49H27N3OS/c50-28-29-13-18-37-36-9-3-6-12-44(36)52(45(37)23-29)33-17-22-49-41(27-33)40-25-31(15-21-48(40)54-49)30-14-19-46-38(24-30)39-26-32(16-20-47(39)53-46)51-42-10-4-1-7-34(42)35-8-2-5-11-43(35)51/h1-27H. The number of para-hydroxylation sites is 3. The van der Waals surface area contributed by atoms with Crippen molar-refractivity contribution in [2.24, 2.45) is 0 Å². The molecule has 12 rings (SSSR count). The molecule has 0 fully saturated rings. The lowest BCUT2D eigenvalue weighted by Gasteiger charge is -2.09. The number of hydrogen-bond donors (Lipinski definition) is 0. The molecule has 0 unspecified atom stereocenters. The van der Waals surface area contributed by atoms with Crippen LogP contribution in [0.5, 0.6) is 0 Å². The van der Waals surface area contributed by atoms with Crippen molar-refractivity contribution in [3.8, 4) is 28.6 Å². The van der Waals surface area contributed by atoms with Gasteiger partial charge in [-0.1, -0.05) is 72.8 Å². The molecular weight excluding hydrogens is 679 g/mol. The molecule has 0 saturated heterocycles. The normalized spacial score (nSPS) is 12.1. The largest absolute Gasteiger partial charge is 0.456 e. The third-order valence-corrected chi connectivity index (χ3v) is 12.3. The Kier molecular flexibility index (Phi) is 5.97. The molecule has 0 radical (unpaired) electrons. The lowest BCUT2D eigenvalue weighted by molar-refractivity contribution is 0.669. The summed E-state index contributed by atoms with van der Waals surface area (Å²) in [6, 6.07) is 60.7. The lowest BCUT2D eigenvalue weighted by Crippen LogP contribution is -1.93. The number of fused-ring (bicyclic) bond motifs is 12. The highest BCUT2D eigenvalue weighted by molar-refractivity contribution is 7.25. The summed E-state index contributed by atoms with van der Waals surface area (Å²) in [7, 11) is 0. The van der Waals surface area contributed by atoms with Gasteiger partial charge in [-0.25, -0.2) is 0 Å². The quantitative estimate of drug-likeness (QED) is 0.184.